The number of carbonyl (C=O) groups is 1. The minimum Gasteiger partial charge on any atom is -0.489 e. The van der Waals surface area contributed by atoms with Gasteiger partial charge < -0.3 is 14.4 Å². The number of imidazole rings is 1. The van der Waals surface area contributed by atoms with E-state index < -0.39 is 21.8 Å². The lowest BCUT2D eigenvalue weighted by Crippen LogP contribution is -2.32. The number of ether oxygens (including phenoxy) is 1. The number of aryl methyl sites for hydroxylation is 1. The highest BCUT2D eigenvalue weighted by atomic mass is 32.2. The second-order valence-electron chi connectivity index (χ2n) is 12.3. The van der Waals surface area contributed by atoms with Crippen LogP contribution in [0.15, 0.2) is 78.9 Å². The number of benzene rings is 4. The molecule has 4 aromatic carbocycles. The van der Waals surface area contributed by atoms with Crippen LogP contribution in [0.5, 0.6) is 5.75 Å². The Morgan fingerprint density at radius 1 is 0.958 bits per heavy atom. The third-order valence-electron chi connectivity index (χ3n) is 9.18. The van der Waals surface area contributed by atoms with Crippen molar-refractivity contribution in [3.05, 3.63) is 101 Å². The van der Waals surface area contributed by atoms with Gasteiger partial charge in [0.15, 0.2) is 0 Å². The number of hydrogen-bond acceptors (Lipinski definition) is 5. The van der Waals surface area contributed by atoms with E-state index in [1.807, 2.05) is 49.4 Å². The first-order chi connectivity index (χ1) is 23.1. The lowest BCUT2D eigenvalue weighted by atomic mass is 9.94. The van der Waals surface area contributed by atoms with Crippen molar-refractivity contribution in [1.82, 2.24) is 9.55 Å². The van der Waals surface area contributed by atoms with Crippen LogP contribution in [0.25, 0.3) is 33.5 Å². The van der Waals surface area contributed by atoms with E-state index in [2.05, 4.69) is 4.57 Å². The fraction of sp³-hybridized carbons (Fsp3) is 0.316. The molecule has 0 bridgehead atoms. The summed E-state index contributed by atoms with van der Waals surface area (Å²) in [6.45, 7) is 5.81. The van der Waals surface area contributed by atoms with Crippen LogP contribution in [-0.2, 0) is 16.6 Å². The maximum absolute atomic E-state index is 16.0. The standard InChI is InChI=1S/C38H40FN3O5S/c1-4-41(48(45,46)5-2)30-16-18-32(26-13-11-25(3)12-14-26)28(21-30)24-47-31-17-19-33(34(39)23-31)37-40-35-22-27(38(43)44)15-20-36(35)42(37)29-9-7-6-8-10-29/h11-23,29H,4-10,24H2,1-3H3,(H,43,44). The van der Waals surface area contributed by atoms with Crippen molar-refractivity contribution in [3.63, 3.8) is 0 Å². The summed E-state index contributed by atoms with van der Waals surface area (Å²) in [5.74, 6) is -0.776. The van der Waals surface area contributed by atoms with Gasteiger partial charge in [-0.15, -0.1) is 0 Å². The molecule has 8 nitrogen and oxygen atoms in total. The summed E-state index contributed by atoms with van der Waals surface area (Å²) in [6, 6.07) is 23.3. The van der Waals surface area contributed by atoms with Gasteiger partial charge in [0.05, 0.1) is 33.6 Å². The molecule has 1 N–H and O–H groups in total. The number of fused-ring (bicyclic) bond motifs is 1. The van der Waals surface area contributed by atoms with Gasteiger partial charge >= 0.3 is 5.97 Å². The highest BCUT2D eigenvalue weighted by Crippen LogP contribution is 2.38. The Labute approximate surface area is 280 Å². The lowest BCUT2D eigenvalue weighted by Gasteiger charge is -2.26. The molecule has 1 saturated carbocycles. The highest BCUT2D eigenvalue weighted by molar-refractivity contribution is 7.92. The molecule has 6 rings (SSSR count). The summed E-state index contributed by atoms with van der Waals surface area (Å²) in [6.07, 6.45) is 5.18. The predicted molar refractivity (Wildman–Crippen MR) is 188 cm³/mol. The van der Waals surface area contributed by atoms with Gasteiger partial charge in [0.1, 0.15) is 24.0 Å². The van der Waals surface area contributed by atoms with E-state index >= 15 is 4.39 Å². The van der Waals surface area contributed by atoms with Crippen molar-refractivity contribution in [2.75, 3.05) is 16.6 Å². The first kappa shape index (κ1) is 33.2. The zero-order valence-corrected chi connectivity index (χ0v) is 28.3. The lowest BCUT2D eigenvalue weighted by molar-refractivity contribution is 0.0697. The molecule has 1 aliphatic rings. The summed E-state index contributed by atoms with van der Waals surface area (Å²) in [7, 11) is -3.49. The zero-order chi connectivity index (χ0) is 34.0. The monoisotopic (exact) mass is 669 g/mol. The molecule has 0 spiro atoms. The fourth-order valence-electron chi connectivity index (χ4n) is 6.62. The second-order valence-corrected chi connectivity index (χ2v) is 14.5. The largest absolute Gasteiger partial charge is 0.489 e. The minimum absolute atomic E-state index is 0.0206. The van der Waals surface area contributed by atoms with Crippen molar-refractivity contribution in [2.45, 2.75) is 65.5 Å². The number of sulfonamides is 1. The van der Waals surface area contributed by atoms with Crippen LogP contribution >= 0.6 is 0 Å². The van der Waals surface area contributed by atoms with Gasteiger partial charge in [-0.05, 0) is 92.8 Å². The summed E-state index contributed by atoms with van der Waals surface area (Å²) < 4.78 is 51.3. The van der Waals surface area contributed by atoms with Crippen molar-refractivity contribution in [2.24, 2.45) is 0 Å². The molecule has 0 atom stereocenters. The molecule has 10 heteroatoms. The first-order valence-electron chi connectivity index (χ1n) is 16.5. The average Bonchev–Trinajstić information content (AvgIpc) is 3.47. The highest BCUT2D eigenvalue weighted by Gasteiger charge is 2.25. The predicted octanol–water partition coefficient (Wildman–Crippen LogP) is 8.78. The molecule has 1 fully saturated rings. The van der Waals surface area contributed by atoms with E-state index in [0.29, 0.717) is 28.3 Å². The van der Waals surface area contributed by atoms with Gasteiger partial charge in [-0.2, -0.15) is 0 Å². The number of rotatable bonds is 11. The van der Waals surface area contributed by atoms with Crippen LogP contribution in [0.3, 0.4) is 0 Å². The Balaban J connectivity index is 1.35. The average molecular weight is 670 g/mol. The number of anilines is 1. The molecule has 0 unspecified atom stereocenters. The Kier molecular flexibility index (Phi) is 9.55. The Hall–Kier alpha value is -4.70. The summed E-state index contributed by atoms with van der Waals surface area (Å²) in [5.41, 5.74) is 6.03. The van der Waals surface area contributed by atoms with Crippen LogP contribution in [0, 0.1) is 12.7 Å². The van der Waals surface area contributed by atoms with Crippen molar-refractivity contribution >= 4 is 32.7 Å². The maximum atomic E-state index is 16.0. The topological polar surface area (TPSA) is 102 Å². The van der Waals surface area contributed by atoms with Gasteiger partial charge in [0.2, 0.25) is 10.0 Å². The number of carboxylic acids is 1. The first-order valence-corrected chi connectivity index (χ1v) is 18.1. The SMILES string of the molecule is CCN(c1ccc(-c2ccc(C)cc2)c(COc2ccc(-c3nc4cc(C(=O)O)ccc4n3C3CCCCC3)c(F)c2)c1)S(=O)(=O)CC. The molecule has 0 saturated heterocycles. The van der Waals surface area contributed by atoms with Crippen molar-refractivity contribution < 1.29 is 27.4 Å². The van der Waals surface area contributed by atoms with E-state index in [-0.39, 0.29) is 30.5 Å². The third-order valence-corrected chi connectivity index (χ3v) is 11.0. The molecule has 48 heavy (non-hydrogen) atoms. The molecule has 1 heterocycles. The van der Waals surface area contributed by atoms with E-state index in [1.165, 1.54) is 10.4 Å². The Morgan fingerprint density at radius 3 is 2.35 bits per heavy atom. The van der Waals surface area contributed by atoms with Gasteiger partial charge in [-0.25, -0.2) is 22.6 Å². The molecule has 1 aromatic heterocycles. The fourth-order valence-corrected chi connectivity index (χ4v) is 7.76. The normalized spacial score (nSPS) is 13.9. The van der Waals surface area contributed by atoms with E-state index in [0.717, 1.165) is 59.9 Å². The Morgan fingerprint density at radius 2 is 1.69 bits per heavy atom. The number of aromatic carboxylic acids is 1. The van der Waals surface area contributed by atoms with Crippen LogP contribution < -0.4 is 9.04 Å². The molecule has 1 aliphatic carbocycles. The van der Waals surface area contributed by atoms with Gasteiger partial charge in [-0.1, -0.05) is 55.2 Å². The number of halogens is 1. The summed E-state index contributed by atoms with van der Waals surface area (Å²) in [5, 5.41) is 9.55. The summed E-state index contributed by atoms with van der Waals surface area (Å²) in [4.78, 5) is 16.4. The van der Waals surface area contributed by atoms with Crippen LogP contribution in [0.4, 0.5) is 10.1 Å². The molecule has 0 amide bonds. The van der Waals surface area contributed by atoms with Crippen molar-refractivity contribution in [3.8, 4) is 28.3 Å². The van der Waals surface area contributed by atoms with Gasteiger partial charge in [0.25, 0.3) is 0 Å². The number of aromatic nitrogens is 2. The molecular weight excluding hydrogens is 629 g/mol. The molecule has 250 valence electrons. The van der Waals surface area contributed by atoms with Crippen LogP contribution in [-0.4, -0.2) is 41.3 Å². The third kappa shape index (κ3) is 6.67. The zero-order valence-electron chi connectivity index (χ0n) is 27.4. The van der Waals surface area contributed by atoms with Crippen molar-refractivity contribution in [1.29, 1.82) is 0 Å². The van der Waals surface area contributed by atoms with Crippen LogP contribution in [0.2, 0.25) is 0 Å². The van der Waals surface area contributed by atoms with E-state index in [1.54, 1.807) is 44.2 Å². The Bertz CT molecular complexity index is 2070. The quantitative estimate of drug-likeness (QED) is 0.151. The van der Waals surface area contributed by atoms with Gasteiger partial charge in [-0.3, -0.25) is 4.31 Å². The smallest absolute Gasteiger partial charge is 0.335 e. The minimum atomic E-state index is -3.49. The van der Waals surface area contributed by atoms with E-state index in [9.17, 15) is 18.3 Å². The van der Waals surface area contributed by atoms with E-state index in [4.69, 9.17) is 9.72 Å². The molecule has 0 aliphatic heterocycles. The molecular formula is C38H40FN3O5S. The van der Waals surface area contributed by atoms with Gasteiger partial charge in [0, 0.05) is 18.7 Å². The van der Waals surface area contributed by atoms with Crippen LogP contribution in [0.1, 0.15) is 73.5 Å². The number of hydrogen-bond donors (Lipinski definition) is 1. The summed E-state index contributed by atoms with van der Waals surface area (Å²) >= 11 is 0. The maximum Gasteiger partial charge on any atom is 0.335 e. The number of nitrogens with zero attached hydrogens (tertiary/aromatic N) is 3. The second kappa shape index (κ2) is 13.8. The molecule has 5 aromatic rings. The number of carboxylic acid groups (broad SMARTS) is 1. The molecule has 0 radical (unpaired) electrons.